The van der Waals surface area contributed by atoms with Crippen molar-refractivity contribution >= 4 is 23.6 Å². The van der Waals surface area contributed by atoms with Crippen molar-refractivity contribution in [3.05, 3.63) is 29.3 Å². The third-order valence-electron chi connectivity index (χ3n) is 3.78. The standard InChI is InChI=1S/C16H21NO3S/c1-11-7-8-13(9-14(11)16(19)20)21-10-15(18)17-12-5-3-2-4-6-12/h7-9,12H,2-6,10H2,1H3,(H,17,18)(H,19,20). The number of carbonyl (C=O) groups is 2. The van der Waals surface area contributed by atoms with Crippen LogP contribution >= 0.6 is 11.8 Å². The van der Waals surface area contributed by atoms with E-state index >= 15 is 0 Å². The summed E-state index contributed by atoms with van der Waals surface area (Å²) in [6, 6.07) is 5.60. The largest absolute Gasteiger partial charge is 0.478 e. The van der Waals surface area contributed by atoms with Crippen molar-refractivity contribution in [3.63, 3.8) is 0 Å². The van der Waals surface area contributed by atoms with E-state index in [2.05, 4.69) is 5.32 Å². The van der Waals surface area contributed by atoms with Gasteiger partial charge in [-0.2, -0.15) is 0 Å². The third-order valence-corrected chi connectivity index (χ3v) is 4.77. The van der Waals surface area contributed by atoms with Gasteiger partial charge in [0.15, 0.2) is 0 Å². The van der Waals surface area contributed by atoms with Crippen LogP contribution in [-0.2, 0) is 4.79 Å². The maximum atomic E-state index is 11.9. The summed E-state index contributed by atoms with van der Waals surface area (Å²) in [5, 5.41) is 12.2. The number of thioether (sulfide) groups is 1. The van der Waals surface area contributed by atoms with Crippen molar-refractivity contribution in [3.8, 4) is 0 Å². The van der Waals surface area contributed by atoms with Gasteiger partial charge in [0.2, 0.25) is 5.91 Å². The molecule has 114 valence electrons. The summed E-state index contributed by atoms with van der Waals surface area (Å²) >= 11 is 1.38. The van der Waals surface area contributed by atoms with Crippen molar-refractivity contribution in [2.45, 2.75) is 50.0 Å². The smallest absolute Gasteiger partial charge is 0.335 e. The lowest BCUT2D eigenvalue weighted by Gasteiger charge is -2.22. The zero-order chi connectivity index (χ0) is 15.2. The van der Waals surface area contributed by atoms with Crippen LogP contribution in [0.1, 0.15) is 48.0 Å². The number of hydrogen-bond acceptors (Lipinski definition) is 3. The second-order valence-corrected chi connectivity index (χ2v) is 6.52. The first-order valence-corrected chi connectivity index (χ1v) is 8.31. The van der Waals surface area contributed by atoms with Gasteiger partial charge < -0.3 is 10.4 Å². The number of aromatic carboxylic acids is 1. The Morgan fingerprint density at radius 2 is 2.00 bits per heavy atom. The number of amides is 1. The van der Waals surface area contributed by atoms with Crippen LogP contribution in [0.4, 0.5) is 0 Å². The van der Waals surface area contributed by atoms with Crippen LogP contribution in [0.5, 0.6) is 0 Å². The summed E-state index contributed by atoms with van der Waals surface area (Å²) in [4.78, 5) is 23.8. The minimum Gasteiger partial charge on any atom is -0.478 e. The Balaban J connectivity index is 1.86. The Morgan fingerprint density at radius 1 is 1.29 bits per heavy atom. The van der Waals surface area contributed by atoms with Crippen molar-refractivity contribution in [2.75, 3.05) is 5.75 Å². The van der Waals surface area contributed by atoms with Crippen LogP contribution in [-0.4, -0.2) is 28.8 Å². The Bertz CT molecular complexity index is 524. The molecule has 0 spiro atoms. The fourth-order valence-corrected chi connectivity index (χ4v) is 3.33. The van der Waals surface area contributed by atoms with Gasteiger partial charge in [0, 0.05) is 10.9 Å². The van der Waals surface area contributed by atoms with E-state index in [-0.39, 0.29) is 5.91 Å². The molecule has 0 aromatic heterocycles. The van der Waals surface area contributed by atoms with Crippen molar-refractivity contribution in [2.24, 2.45) is 0 Å². The number of hydrogen-bond donors (Lipinski definition) is 2. The average Bonchev–Trinajstić information content (AvgIpc) is 2.47. The average molecular weight is 307 g/mol. The number of carbonyl (C=O) groups excluding carboxylic acids is 1. The van der Waals surface area contributed by atoms with Crippen LogP contribution < -0.4 is 5.32 Å². The van der Waals surface area contributed by atoms with E-state index in [4.69, 9.17) is 5.11 Å². The molecular weight excluding hydrogens is 286 g/mol. The van der Waals surface area contributed by atoms with Crippen LogP contribution in [0, 0.1) is 6.92 Å². The van der Waals surface area contributed by atoms with E-state index in [0.29, 0.717) is 17.4 Å². The number of carboxylic acid groups (broad SMARTS) is 1. The molecule has 2 N–H and O–H groups in total. The van der Waals surface area contributed by atoms with Gasteiger partial charge in [-0.25, -0.2) is 4.79 Å². The number of rotatable bonds is 5. The second kappa shape index (κ2) is 7.50. The Labute approximate surface area is 129 Å². The topological polar surface area (TPSA) is 66.4 Å². The lowest BCUT2D eigenvalue weighted by Crippen LogP contribution is -2.37. The molecule has 0 aliphatic heterocycles. The van der Waals surface area contributed by atoms with Gasteiger partial charge in [0.1, 0.15) is 0 Å². The van der Waals surface area contributed by atoms with Gasteiger partial charge in [0.25, 0.3) is 0 Å². The highest BCUT2D eigenvalue weighted by molar-refractivity contribution is 8.00. The van der Waals surface area contributed by atoms with Gasteiger partial charge in [-0.15, -0.1) is 11.8 Å². The summed E-state index contributed by atoms with van der Waals surface area (Å²) in [6.45, 7) is 1.77. The molecule has 1 aliphatic carbocycles. The Kier molecular flexibility index (Phi) is 5.67. The molecule has 1 saturated carbocycles. The zero-order valence-electron chi connectivity index (χ0n) is 12.2. The molecule has 0 heterocycles. The summed E-state index contributed by atoms with van der Waals surface area (Å²) < 4.78 is 0. The van der Waals surface area contributed by atoms with E-state index in [1.165, 1.54) is 31.0 Å². The van der Waals surface area contributed by atoms with E-state index in [0.717, 1.165) is 23.3 Å². The summed E-state index contributed by atoms with van der Waals surface area (Å²) in [5.41, 5.74) is 1.03. The summed E-state index contributed by atoms with van der Waals surface area (Å²) in [7, 11) is 0. The van der Waals surface area contributed by atoms with E-state index < -0.39 is 5.97 Å². The van der Waals surface area contributed by atoms with Crippen LogP contribution in [0.15, 0.2) is 23.1 Å². The first kappa shape index (κ1) is 15.9. The molecule has 1 aliphatic rings. The van der Waals surface area contributed by atoms with Gasteiger partial charge in [-0.1, -0.05) is 25.3 Å². The SMILES string of the molecule is Cc1ccc(SCC(=O)NC2CCCCC2)cc1C(=O)O. The van der Waals surface area contributed by atoms with Gasteiger partial charge in [-0.05, 0) is 37.5 Å². The maximum Gasteiger partial charge on any atom is 0.335 e. The highest BCUT2D eigenvalue weighted by Crippen LogP contribution is 2.22. The molecule has 0 bridgehead atoms. The molecule has 0 atom stereocenters. The fourth-order valence-electron chi connectivity index (χ4n) is 2.59. The summed E-state index contributed by atoms with van der Waals surface area (Å²) in [5.74, 6) is -0.565. The number of benzene rings is 1. The fraction of sp³-hybridized carbons (Fsp3) is 0.500. The predicted molar refractivity (Wildman–Crippen MR) is 83.9 cm³/mol. The highest BCUT2D eigenvalue weighted by Gasteiger charge is 2.16. The molecule has 1 fully saturated rings. The molecule has 2 rings (SSSR count). The highest BCUT2D eigenvalue weighted by atomic mass is 32.2. The zero-order valence-corrected chi connectivity index (χ0v) is 13.0. The van der Waals surface area contributed by atoms with E-state index in [1.807, 2.05) is 6.07 Å². The van der Waals surface area contributed by atoms with Crippen molar-refractivity contribution < 1.29 is 14.7 Å². The lowest BCUT2D eigenvalue weighted by molar-refractivity contribution is -0.119. The molecular formula is C16H21NO3S. The van der Waals surface area contributed by atoms with Crippen LogP contribution in [0.2, 0.25) is 0 Å². The van der Waals surface area contributed by atoms with E-state index in [9.17, 15) is 9.59 Å². The maximum absolute atomic E-state index is 11.9. The molecule has 1 amide bonds. The first-order chi connectivity index (χ1) is 10.1. The molecule has 0 unspecified atom stereocenters. The predicted octanol–water partition coefficient (Wildman–Crippen LogP) is 3.23. The molecule has 1 aromatic rings. The van der Waals surface area contributed by atoms with Gasteiger partial charge in [-0.3, -0.25) is 4.79 Å². The molecule has 0 saturated heterocycles. The lowest BCUT2D eigenvalue weighted by atomic mass is 9.95. The van der Waals surface area contributed by atoms with E-state index in [1.54, 1.807) is 19.1 Å². The molecule has 21 heavy (non-hydrogen) atoms. The molecule has 1 aromatic carbocycles. The number of aryl methyl sites for hydroxylation is 1. The second-order valence-electron chi connectivity index (χ2n) is 5.47. The van der Waals surface area contributed by atoms with Crippen molar-refractivity contribution in [1.82, 2.24) is 5.32 Å². The molecule has 4 nitrogen and oxygen atoms in total. The third kappa shape index (κ3) is 4.77. The van der Waals surface area contributed by atoms with Crippen molar-refractivity contribution in [1.29, 1.82) is 0 Å². The monoisotopic (exact) mass is 307 g/mol. The Hall–Kier alpha value is -1.49. The van der Waals surface area contributed by atoms with Gasteiger partial charge in [0.05, 0.1) is 11.3 Å². The minimum absolute atomic E-state index is 0.0318. The summed E-state index contributed by atoms with van der Waals surface area (Å²) in [6.07, 6.45) is 5.80. The quantitative estimate of drug-likeness (QED) is 0.820. The number of carboxylic acids is 1. The number of nitrogens with one attached hydrogen (secondary N) is 1. The minimum atomic E-state index is -0.929. The molecule has 0 radical (unpaired) electrons. The normalized spacial score (nSPS) is 15.7. The van der Waals surface area contributed by atoms with Crippen LogP contribution in [0.25, 0.3) is 0 Å². The Morgan fingerprint density at radius 3 is 2.67 bits per heavy atom. The first-order valence-electron chi connectivity index (χ1n) is 7.32. The van der Waals surface area contributed by atoms with Gasteiger partial charge >= 0.3 is 5.97 Å². The molecule has 5 heteroatoms. The van der Waals surface area contributed by atoms with Crippen LogP contribution in [0.3, 0.4) is 0 Å².